The van der Waals surface area contributed by atoms with Crippen molar-refractivity contribution >= 4 is 29.1 Å². The van der Waals surface area contributed by atoms with Crippen molar-refractivity contribution in [3.05, 3.63) is 16.1 Å². The molecule has 1 rings (SSSR count). The Morgan fingerprint density at radius 2 is 1.79 bits per heavy atom. The smallest absolute Gasteiger partial charge is 0.328 e. The van der Waals surface area contributed by atoms with E-state index in [1.165, 1.54) is 31.8 Å². The second-order valence-corrected chi connectivity index (χ2v) is 5.81. The third kappa shape index (κ3) is 6.60. The first-order valence-corrected chi connectivity index (χ1v) is 7.45. The van der Waals surface area contributed by atoms with E-state index in [0.29, 0.717) is 9.88 Å². The maximum atomic E-state index is 12.2. The van der Waals surface area contributed by atoms with E-state index in [1.54, 1.807) is 6.92 Å². The van der Waals surface area contributed by atoms with Crippen LogP contribution in [0.4, 0.5) is 0 Å². The molecule has 10 heteroatoms. The lowest BCUT2D eigenvalue weighted by Crippen LogP contribution is -2.54. The zero-order chi connectivity index (χ0) is 17.4. The van der Waals surface area contributed by atoms with E-state index in [4.69, 9.17) is 14.6 Å². The van der Waals surface area contributed by atoms with Gasteiger partial charge >= 0.3 is 5.97 Å². The van der Waals surface area contributed by atoms with Crippen molar-refractivity contribution < 1.29 is 29.0 Å². The van der Waals surface area contributed by atoms with Gasteiger partial charge in [-0.15, -0.1) is 11.3 Å². The fourth-order valence-electron chi connectivity index (χ4n) is 1.66. The van der Waals surface area contributed by atoms with Crippen LogP contribution in [-0.4, -0.2) is 67.4 Å². The SMILES string of the molecule is C.COC[C@H](NC(=O)[C@H](COC)NC(=O)c1cnc(C)s1)C(=O)O. The first-order chi connectivity index (χ1) is 10.9. The molecule has 2 atom stereocenters. The minimum atomic E-state index is -1.24. The molecule has 0 unspecified atom stereocenters. The summed E-state index contributed by atoms with van der Waals surface area (Å²) in [5, 5.41) is 14.5. The molecule has 0 saturated heterocycles. The summed E-state index contributed by atoms with van der Waals surface area (Å²) in [7, 11) is 2.69. The number of aromatic nitrogens is 1. The molecule has 9 nitrogen and oxygen atoms in total. The second kappa shape index (κ2) is 10.7. The number of carbonyl (C=O) groups excluding carboxylic acids is 2. The average Bonchev–Trinajstić information content (AvgIpc) is 2.92. The fourth-order valence-corrected chi connectivity index (χ4v) is 2.34. The molecule has 3 N–H and O–H groups in total. The highest BCUT2D eigenvalue weighted by Gasteiger charge is 2.27. The quantitative estimate of drug-likeness (QED) is 0.567. The number of hydrogen-bond acceptors (Lipinski definition) is 7. The van der Waals surface area contributed by atoms with E-state index in [2.05, 4.69) is 15.6 Å². The molecule has 136 valence electrons. The van der Waals surface area contributed by atoms with Crippen LogP contribution in [0.25, 0.3) is 0 Å². The Bertz CT molecular complexity index is 562. The van der Waals surface area contributed by atoms with Gasteiger partial charge in [-0.1, -0.05) is 7.43 Å². The van der Waals surface area contributed by atoms with Gasteiger partial charge in [0, 0.05) is 14.2 Å². The van der Waals surface area contributed by atoms with E-state index in [1.807, 2.05) is 0 Å². The molecule has 1 heterocycles. The molecule has 0 aliphatic carbocycles. The van der Waals surface area contributed by atoms with Gasteiger partial charge < -0.3 is 25.2 Å². The number of thiazole rings is 1. The van der Waals surface area contributed by atoms with E-state index in [0.717, 1.165) is 0 Å². The number of hydrogen-bond donors (Lipinski definition) is 3. The Balaban J connectivity index is 0.00000529. The predicted molar refractivity (Wildman–Crippen MR) is 88.2 cm³/mol. The topological polar surface area (TPSA) is 127 Å². The molecule has 0 fully saturated rings. The lowest BCUT2D eigenvalue weighted by atomic mass is 10.2. The van der Waals surface area contributed by atoms with E-state index in [-0.39, 0.29) is 20.6 Å². The molecule has 1 aromatic rings. The molecule has 0 aromatic carbocycles. The molecule has 0 aliphatic heterocycles. The van der Waals surface area contributed by atoms with Gasteiger partial charge in [-0.2, -0.15) is 0 Å². The van der Waals surface area contributed by atoms with Crippen LogP contribution in [-0.2, 0) is 19.1 Å². The number of ether oxygens (including phenoxy) is 2. The lowest BCUT2D eigenvalue weighted by Gasteiger charge is -2.20. The molecule has 1 aromatic heterocycles. The summed E-state index contributed by atoms with van der Waals surface area (Å²) in [5.74, 6) is -2.39. The largest absolute Gasteiger partial charge is 0.480 e. The van der Waals surface area contributed by atoms with Crippen molar-refractivity contribution in [2.75, 3.05) is 27.4 Å². The van der Waals surface area contributed by atoms with Crippen molar-refractivity contribution in [2.24, 2.45) is 0 Å². The maximum Gasteiger partial charge on any atom is 0.328 e. The molecule has 2 amide bonds. The van der Waals surface area contributed by atoms with E-state index < -0.39 is 29.9 Å². The van der Waals surface area contributed by atoms with Crippen LogP contribution in [0.1, 0.15) is 22.1 Å². The highest BCUT2D eigenvalue weighted by molar-refractivity contribution is 7.13. The molecule has 0 radical (unpaired) electrons. The van der Waals surface area contributed by atoms with Crippen LogP contribution in [0.2, 0.25) is 0 Å². The predicted octanol–water partition coefficient (Wildman–Crippen LogP) is 0.0482. The zero-order valence-electron chi connectivity index (χ0n) is 13.0. The standard InChI is InChI=1S/C13H19N3O6S.CH4/c1-7-14-4-10(23-7)12(18)15-8(5-21-2)11(17)16-9(6-22-3)13(19)20;/h4,8-9H,5-6H2,1-3H3,(H,15,18)(H,16,17)(H,19,20);1H4/t8-,9-;/m0./s1. The van der Waals surface area contributed by atoms with Crippen LogP contribution in [0.5, 0.6) is 0 Å². The lowest BCUT2D eigenvalue weighted by molar-refractivity contribution is -0.143. The molecule has 0 aliphatic rings. The van der Waals surface area contributed by atoms with Crippen LogP contribution < -0.4 is 10.6 Å². The van der Waals surface area contributed by atoms with Gasteiger partial charge in [0.25, 0.3) is 5.91 Å². The number of nitrogens with one attached hydrogen (secondary N) is 2. The first-order valence-electron chi connectivity index (χ1n) is 6.63. The van der Waals surface area contributed by atoms with Crippen LogP contribution in [0.3, 0.4) is 0 Å². The molecule has 24 heavy (non-hydrogen) atoms. The number of carbonyl (C=O) groups is 3. The third-order valence-electron chi connectivity index (χ3n) is 2.75. The van der Waals surface area contributed by atoms with Crippen LogP contribution in [0.15, 0.2) is 6.20 Å². The Morgan fingerprint density at radius 1 is 1.21 bits per heavy atom. The van der Waals surface area contributed by atoms with Crippen molar-refractivity contribution in [3.8, 4) is 0 Å². The maximum absolute atomic E-state index is 12.2. The Hall–Kier alpha value is -2.04. The summed E-state index contributed by atoms with van der Waals surface area (Å²) in [4.78, 5) is 39.6. The number of rotatable bonds is 9. The monoisotopic (exact) mass is 361 g/mol. The summed E-state index contributed by atoms with van der Waals surface area (Å²) < 4.78 is 9.64. The number of amides is 2. The molecule has 0 bridgehead atoms. The van der Waals surface area contributed by atoms with Gasteiger partial charge in [-0.25, -0.2) is 9.78 Å². The number of aliphatic carboxylic acids is 1. The van der Waals surface area contributed by atoms with Gasteiger partial charge in [-0.05, 0) is 6.92 Å². The van der Waals surface area contributed by atoms with Crippen LogP contribution in [0, 0.1) is 6.92 Å². The number of carboxylic acid groups (broad SMARTS) is 1. The number of aryl methyl sites for hydroxylation is 1. The number of methoxy groups -OCH3 is 2. The average molecular weight is 361 g/mol. The Kier molecular flexibility index (Phi) is 9.77. The van der Waals surface area contributed by atoms with Crippen molar-refractivity contribution in [3.63, 3.8) is 0 Å². The summed E-state index contributed by atoms with van der Waals surface area (Å²) in [6.07, 6.45) is 1.40. The summed E-state index contributed by atoms with van der Waals surface area (Å²) in [6.45, 7) is 1.46. The van der Waals surface area contributed by atoms with Gasteiger partial charge in [-0.3, -0.25) is 9.59 Å². The van der Waals surface area contributed by atoms with E-state index in [9.17, 15) is 14.4 Å². The molecule has 0 saturated carbocycles. The van der Waals surface area contributed by atoms with Gasteiger partial charge in [0.05, 0.1) is 24.4 Å². The molecular formula is C14H23N3O6S. The minimum absolute atomic E-state index is 0. The highest BCUT2D eigenvalue weighted by Crippen LogP contribution is 2.11. The van der Waals surface area contributed by atoms with Crippen molar-refractivity contribution in [2.45, 2.75) is 26.4 Å². The van der Waals surface area contributed by atoms with Gasteiger partial charge in [0.1, 0.15) is 10.9 Å². The summed E-state index contributed by atoms with van der Waals surface area (Å²) in [5.41, 5.74) is 0. The van der Waals surface area contributed by atoms with Crippen LogP contribution >= 0.6 is 11.3 Å². The van der Waals surface area contributed by atoms with E-state index >= 15 is 0 Å². The second-order valence-electron chi connectivity index (χ2n) is 4.58. The summed E-state index contributed by atoms with van der Waals surface area (Å²) >= 11 is 1.18. The van der Waals surface area contributed by atoms with Gasteiger partial charge in [0.2, 0.25) is 5.91 Å². The summed E-state index contributed by atoms with van der Waals surface area (Å²) in [6, 6.07) is -2.25. The first kappa shape index (κ1) is 22.0. The number of nitrogens with zero attached hydrogens (tertiary/aromatic N) is 1. The van der Waals surface area contributed by atoms with Gasteiger partial charge in [0.15, 0.2) is 6.04 Å². The third-order valence-corrected chi connectivity index (χ3v) is 3.66. The Morgan fingerprint density at radius 3 is 2.25 bits per heavy atom. The number of carboxylic acids is 1. The van der Waals surface area contributed by atoms with Crippen molar-refractivity contribution in [1.82, 2.24) is 15.6 Å². The highest BCUT2D eigenvalue weighted by atomic mass is 32.1. The minimum Gasteiger partial charge on any atom is -0.480 e. The molecule has 0 spiro atoms. The Labute approximate surface area is 144 Å². The zero-order valence-corrected chi connectivity index (χ0v) is 13.8. The molecular weight excluding hydrogens is 338 g/mol. The normalized spacial score (nSPS) is 12.6. The fraction of sp³-hybridized carbons (Fsp3) is 0.571. The van der Waals surface area contributed by atoms with Crippen molar-refractivity contribution in [1.29, 1.82) is 0 Å².